The first-order chi connectivity index (χ1) is 7.25. The van der Waals surface area contributed by atoms with Crippen molar-refractivity contribution in [3.05, 3.63) is 0 Å². The van der Waals surface area contributed by atoms with Crippen LogP contribution in [-0.4, -0.2) is 29.0 Å². The molecule has 94 valence electrons. The average Bonchev–Trinajstić information content (AvgIpc) is 2.13. The van der Waals surface area contributed by atoms with Crippen molar-refractivity contribution in [2.45, 2.75) is 32.7 Å². The number of hydrogen-bond acceptors (Lipinski definition) is 4. The highest BCUT2D eigenvalue weighted by Crippen LogP contribution is 2.47. The van der Waals surface area contributed by atoms with Crippen molar-refractivity contribution in [2.24, 2.45) is 0 Å². The lowest BCUT2D eigenvalue weighted by Crippen LogP contribution is -2.51. The Morgan fingerprint density at radius 3 is 2.25 bits per heavy atom. The summed E-state index contributed by atoms with van der Waals surface area (Å²) in [5, 5.41) is 3.19. The Morgan fingerprint density at radius 2 is 1.88 bits per heavy atom. The quantitative estimate of drug-likeness (QED) is 0.276. The van der Waals surface area contributed by atoms with Crippen LogP contribution in [0.1, 0.15) is 27.2 Å². The molecule has 0 amide bonds. The van der Waals surface area contributed by atoms with Gasteiger partial charge in [-0.25, -0.2) is 0 Å². The number of nitrogens with one attached hydrogen (secondary N) is 1. The van der Waals surface area contributed by atoms with Gasteiger partial charge in [-0.05, 0) is 51.2 Å². The lowest BCUT2D eigenvalue weighted by atomic mass is 10.1. The van der Waals surface area contributed by atoms with Crippen LogP contribution in [0.5, 0.6) is 0 Å². The monoisotopic (exact) mass is 286 g/mol. The first kappa shape index (κ1) is 14.4. The second kappa shape index (κ2) is 5.33. The molecule has 1 N–H and O–H groups in total. The minimum absolute atomic E-state index is 0.526. The van der Waals surface area contributed by atoms with Crippen LogP contribution in [0.15, 0.2) is 0 Å². The summed E-state index contributed by atoms with van der Waals surface area (Å²) in [6, 6.07) is 0. The zero-order valence-corrected chi connectivity index (χ0v) is 12.1. The molecule has 0 aromatic rings. The van der Waals surface area contributed by atoms with E-state index in [1.165, 1.54) is 5.01 Å². The molecular formula is C8H16FN2O2PS2. The van der Waals surface area contributed by atoms with E-state index < -0.39 is 17.4 Å². The van der Waals surface area contributed by atoms with E-state index in [2.05, 4.69) is 17.4 Å². The summed E-state index contributed by atoms with van der Waals surface area (Å²) in [6.07, 6.45) is 0.801. The smallest absolute Gasteiger partial charge is 0.279 e. The average molecular weight is 286 g/mol. The van der Waals surface area contributed by atoms with Crippen LogP contribution >= 0.6 is 18.9 Å². The molecule has 0 bridgehead atoms. The van der Waals surface area contributed by atoms with Gasteiger partial charge < -0.3 is 9.05 Å². The van der Waals surface area contributed by atoms with Gasteiger partial charge in [0.1, 0.15) is 0 Å². The van der Waals surface area contributed by atoms with E-state index in [1.54, 1.807) is 0 Å². The second-order valence-corrected chi connectivity index (χ2v) is 7.87. The summed E-state index contributed by atoms with van der Waals surface area (Å²) in [7, 11) is 0. The molecule has 0 radical (unpaired) electrons. The Kier molecular flexibility index (Phi) is 4.80. The van der Waals surface area contributed by atoms with E-state index in [0.29, 0.717) is 13.2 Å². The van der Waals surface area contributed by atoms with Crippen LogP contribution in [0, 0.1) is 0 Å². The molecule has 4 nitrogen and oxygen atoms in total. The van der Waals surface area contributed by atoms with E-state index in [9.17, 15) is 4.39 Å². The molecule has 1 fully saturated rings. The van der Waals surface area contributed by atoms with Crippen LogP contribution in [-0.2, 0) is 20.9 Å². The van der Waals surface area contributed by atoms with Crippen molar-refractivity contribution < 1.29 is 13.4 Å². The second-order valence-electron chi connectivity index (χ2n) is 4.38. The molecular weight excluding hydrogens is 270 g/mol. The molecule has 8 heteroatoms. The molecule has 1 heterocycles. The van der Waals surface area contributed by atoms with Crippen molar-refractivity contribution in [1.29, 1.82) is 0 Å². The Hall–Kier alpha value is 0.350. The Balaban J connectivity index is 2.75. The minimum Gasteiger partial charge on any atom is -0.317 e. The maximum atomic E-state index is 13.2. The van der Waals surface area contributed by atoms with Gasteiger partial charge in [0.25, 0.3) is 11.9 Å². The van der Waals surface area contributed by atoms with Gasteiger partial charge >= 0.3 is 0 Å². The SMILES string of the molecule is CC(C)(C)N(NP1(=S)OCCCO1)C(F)=S. The molecule has 1 aliphatic rings. The molecule has 16 heavy (non-hydrogen) atoms. The fraction of sp³-hybridized carbons (Fsp3) is 0.875. The van der Waals surface area contributed by atoms with Gasteiger partial charge in [-0.15, -0.1) is 0 Å². The zero-order valence-electron chi connectivity index (χ0n) is 9.53. The molecule has 0 aromatic carbocycles. The Labute approximate surface area is 106 Å². The molecule has 0 saturated carbocycles. The number of halogens is 1. The fourth-order valence-electron chi connectivity index (χ4n) is 1.10. The van der Waals surface area contributed by atoms with Gasteiger partial charge in [-0.2, -0.15) is 9.59 Å². The molecule has 0 aliphatic carbocycles. The fourth-order valence-corrected chi connectivity index (χ4v) is 3.74. The summed E-state index contributed by atoms with van der Waals surface area (Å²) in [4.78, 5) is 0. The number of hydrogen-bond donors (Lipinski definition) is 1. The number of nitrogens with zero attached hydrogens (tertiary/aromatic N) is 1. The third-order valence-electron chi connectivity index (χ3n) is 1.88. The van der Waals surface area contributed by atoms with Crippen LogP contribution in [0.3, 0.4) is 0 Å². The van der Waals surface area contributed by atoms with Gasteiger partial charge in [0.15, 0.2) is 0 Å². The van der Waals surface area contributed by atoms with Crippen molar-refractivity contribution >= 4 is 35.9 Å². The highest BCUT2D eigenvalue weighted by atomic mass is 32.5. The standard InChI is InChI=1S/C8H16FN2O2PS2/c1-8(2,3)11(7(9)15)10-14(16)12-5-4-6-13-14/h4-6H2,1-3H3,(H,10,16). The van der Waals surface area contributed by atoms with Crippen LogP contribution in [0.25, 0.3) is 0 Å². The van der Waals surface area contributed by atoms with E-state index >= 15 is 0 Å². The van der Waals surface area contributed by atoms with Crippen molar-refractivity contribution in [3.63, 3.8) is 0 Å². The first-order valence-electron chi connectivity index (χ1n) is 4.91. The Morgan fingerprint density at radius 1 is 1.38 bits per heavy atom. The molecule has 0 unspecified atom stereocenters. The molecule has 0 aromatic heterocycles. The summed E-state index contributed by atoms with van der Waals surface area (Å²) in [6.45, 7) is 3.87. The highest BCUT2D eigenvalue weighted by Gasteiger charge is 2.32. The molecule has 1 aliphatic heterocycles. The number of rotatable bonds is 2. The molecule has 0 spiro atoms. The topological polar surface area (TPSA) is 33.7 Å². The normalized spacial score (nSPS) is 20.5. The van der Waals surface area contributed by atoms with E-state index in [4.69, 9.17) is 20.9 Å². The van der Waals surface area contributed by atoms with E-state index in [0.717, 1.165) is 6.42 Å². The Bertz CT molecular complexity index is 312. The van der Waals surface area contributed by atoms with Crippen molar-refractivity contribution in [3.8, 4) is 0 Å². The van der Waals surface area contributed by atoms with Gasteiger partial charge in [-0.1, -0.05) is 0 Å². The van der Waals surface area contributed by atoms with Gasteiger partial charge in [0, 0.05) is 0 Å². The summed E-state index contributed by atoms with van der Waals surface area (Å²) in [5.74, 6) is 0. The first-order valence-corrected chi connectivity index (χ1v) is 7.96. The van der Waals surface area contributed by atoms with Crippen molar-refractivity contribution in [2.75, 3.05) is 13.2 Å². The number of hydrazine groups is 1. The predicted octanol–water partition coefficient (Wildman–Crippen LogP) is 2.51. The molecule has 1 saturated heterocycles. The van der Waals surface area contributed by atoms with Crippen molar-refractivity contribution in [1.82, 2.24) is 10.2 Å². The van der Waals surface area contributed by atoms with Gasteiger partial charge in [0.05, 0.1) is 18.8 Å². The van der Waals surface area contributed by atoms with Crippen LogP contribution in [0.2, 0.25) is 0 Å². The van der Waals surface area contributed by atoms with E-state index in [1.807, 2.05) is 20.8 Å². The molecule has 0 atom stereocenters. The third-order valence-corrected chi connectivity index (χ3v) is 4.43. The summed E-state index contributed by atoms with van der Waals surface area (Å²) >= 11 is 9.75. The third kappa shape index (κ3) is 3.98. The zero-order chi connectivity index (χ0) is 12.4. The highest BCUT2D eigenvalue weighted by molar-refractivity contribution is 8.08. The van der Waals surface area contributed by atoms with Crippen LogP contribution < -0.4 is 5.20 Å². The summed E-state index contributed by atoms with van der Waals surface area (Å²) < 4.78 is 24.0. The lowest BCUT2D eigenvalue weighted by Gasteiger charge is -2.39. The maximum Gasteiger partial charge on any atom is 0.279 e. The van der Waals surface area contributed by atoms with Gasteiger partial charge in [0.2, 0.25) is 0 Å². The van der Waals surface area contributed by atoms with E-state index in [-0.39, 0.29) is 0 Å². The number of thiocarbonyl (C=S) groups is 1. The summed E-state index contributed by atoms with van der Waals surface area (Å²) in [5.41, 5.74) is -0.526. The largest absolute Gasteiger partial charge is 0.317 e. The van der Waals surface area contributed by atoms with Crippen LogP contribution in [0.4, 0.5) is 4.39 Å². The lowest BCUT2D eigenvalue weighted by molar-refractivity contribution is 0.131. The minimum atomic E-state index is -2.64. The molecule has 1 rings (SSSR count). The maximum absolute atomic E-state index is 13.2. The van der Waals surface area contributed by atoms with Gasteiger partial charge in [-0.3, -0.25) is 5.01 Å². The predicted molar refractivity (Wildman–Crippen MR) is 69.2 cm³/mol.